The Labute approximate surface area is 338 Å². The fraction of sp³-hybridized carbons (Fsp3) is 0.261. The molecule has 2 aliphatic carbocycles. The summed E-state index contributed by atoms with van der Waals surface area (Å²) in [6.45, 7) is 2.73. The average molecular weight is 797 g/mol. The summed E-state index contributed by atoms with van der Waals surface area (Å²) < 4.78 is 19.5. The number of fused-ring (bicyclic) bond motifs is 5. The number of halogens is 2. The molecule has 292 valence electrons. The van der Waals surface area contributed by atoms with Gasteiger partial charge in [0.2, 0.25) is 11.8 Å². The molecule has 6 unspecified atom stereocenters. The zero-order chi connectivity index (χ0) is 39.9. The number of amides is 4. The van der Waals surface area contributed by atoms with Crippen LogP contribution in [0.25, 0.3) is 10.8 Å². The van der Waals surface area contributed by atoms with Crippen molar-refractivity contribution < 1.29 is 33.4 Å². The van der Waals surface area contributed by atoms with Gasteiger partial charge >= 0.3 is 0 Å². The van der Waals surface area contributed by atoms with Crippen LogP contribution in [0.5, 0.6) is 5.75 Å². The lowest BCUT2D eigenvalue weighted by Gasteiger charge is -2.51. The van der Waals surface area contributed by atoms with E-state index in [-0.39, 0.29) is 30.4 Å². The van der Waals surface area contributed by atoms with Crippen LogP contribution in [0.4, 0.5) is 21.5 Å². The summed E-state index contributed by atoms with van der Waals surface area (Å²) in [5.41, 5.74) is 4.78. The second-order valence-electron chi connectivity index (χ2n) is 15.7. The normalized spacial score (nSPS) is 26.8. The highest BCUT2D eigenvalue weighted by Gasteiger charge is 2.71. The Morgan fingerprint density at radius 2 is 1.48 bits per heavy atom. The van der Waals surface area contributed by atoms with Gasteiger partial charge in [-0.3, -0.25) is 29.5 Å². The number of anilines is 3. The molecular formula is C46H38ClFN4O6. The van der Waals surface area contributed by atoms with E-state index in [1.807, 2.05) is 42.5 Å². The number of imide groups is 2. The van der Waals surface area contributed by atoms with Gasteiger partial charge in [-0.2, -0.15) is 5.01 Å². The molecule has 0 aromatic heterocycles. The van der Waals surface area contributed by atoms with Crippen molar-refractivity contribution in [2.45, 2.75) is 24.2 Å². The number of hydrazine groups is 1. The molecule has 10 nitrogen and oxygen atoms in total. The molecule has 2 N–H and O–H groups in total. The molecule has 4 fully saturated rings. The molecule has 10 rings (SSSR count). The van der Waals surface area contributed by atoms with Crippen molar-refractivity contribution in [2.24, 2.45) is 23.7 Å². The van der Waals surface area contributed by atoms with Crippen LogP contribution >= 0.6 is 11.6 Å². The summed E-state index contributed by atoms with van der Waals surface area (Å²) in [5, 5.41) is 14.9. The van der Waals surface area contributed by atoms with E-state index in [4.69, 9.17) is 16.3 Å². The lowest BCUT2D eigenvalue weighted by molar-refractivity contribution is -0.138. The second-order valence-corrected chi connectivity index (χ2v) is 16.2. The van der Waals surface area contributed by atoms with Crippen molar-refractivity contribution in [1.82, 2.24) is 5.01 Å². The molecule has 5 aromatic carbocycles. The van der Waals surface area contributed by atoms with Gasteiger partial charge in [0, 0.05) is 35.3 Å². The largest absolute Gasteiger partial charge is 0.508 e. The number of benzene rings is 5. The molecule has 3 saturated heterocycles. The molecule has 5 aromatic rings. The number of phenols is 1. The van der Waals surface area contributed by atoms with Crippen LogP contribution in [-0.4, -0.2) is 60.0 Å². The van der Waals surface area contributed by atoms with Gasteiger partial charge in [-0.1, -0.05) is 65.7 Å². The number of carbonyl (C=O) groups is 4. The first-order chi connectivity index (χ1) is 28.2. The number of nitrogens with zero attached hydrogens (tertiary/aromatic N) is 3. The van der Waals surface area contributed by atoms with Crippen LogP contribution in [0, 0.1) is 29.5 Å². The first kappa shape index (κ1) is 36.3. The molecule has 6 atom stereocenters. The highest BCUT2D eigenvalue weighted by Crippen LogP contribution is 2.65. The Balaban J connectivity index is 1.14. The maximum Gasteiger partial charge on any atom is 0.260 e. The van der Waals surface area contributed by atoms with Crippen LogP contribution in [0.3, 0.4) is 0 Å². The van der Waals surface area contributed by atoms with E-state index in [1.54, 1.807) is 48.5 Å². The van der Waals surface area contributed by atoms with Crippen molar-refractivity contribution in [3.05, 3.63) is 143 Å². The molecule has 3 aliphatic heterocycles. The van der Waals surface area contributed by atoms with Crippen LogP contribution < -0.4 is 15.2 Å². The highest BCUT2D eigenvalue weighted by molar-refractivity contribution is 6.30. The van der Waals surface area contributed by atoms with E-state index >= 15 is 9.59 Å². The Morgan fingerprint density at radius 3 is 2.22 bits per heavy atom. The topological polar surface area (TPSA) is 119 Å². The fourth-order valence-corrected chi connectivity index (χ4v) is 10.6. The maximum absolute atomic E-state index is 15.5. The summed E-state index contributed by atoms with van der Waals surface area (Å²) in [7, 11) is 0. The molecule has 3 heterocycles. The molecule has 12 heteroatoms. The minimum absolute atomic E-state index is 0.0690. The minimum atomic E-state index is -1.63. The number of hydrogen-bond acceptors (Lipinski definition) is 8. The van der Waals surface area contributed by atoms with Crippen molar-refractivity contribution in [1.29, 1.82) is 0 Å². The van der Waals surface area contributed by atoms with Crippen LogP contribution in [-0.2, 0) is 29.3 Å². The number of morpholine rings is 1. The van der Waals surface area contributed by atoms with E-state index in [9.17, 15) is 19.1 Å². The molecule has 5 aliphatic rings. The first-order valence-electron chi connectivity index (χ1n) is 19.5. The lowest BCUT2D eigenvalue weighted by atomic mass is 9.48. The second kappa shape index (κ2) is 13.8. The van der Waals surface area contributed by atoms with Gasteiger partial charge in [0.25, 0.3) is 11.8 Å². The van der Waals surface area contributed by atoms with Crippen molar-refractivity contribution in [2.75, 3.05) is 41.5 Å². The molecule has 0 bridgehead atoms. The first-order valence-corrected chi connectivity index (χ1v) is 19.9. The van der Waals surface area contributed by atoms with E-state index in [2.05, 4.69) is 10.3 Å². The minimum Gasteiger partial charge on any atom is -0.508 e. The average Bonchev–Trinajstić information content (AvgIpc) is 3.63. The summed E-state index contributed by atoms with van der Waals surface area (Å²) >= 11 is 6.44. The Morgan fingerprint density at radius 1 is 0.776 bits per heavy atom. The van der Waals surface area contributed by atoms with Gasteiger partial charge in [-0.15, -0.1) is 0 Å². The molecular weight excluding hydrogens is 759 g/mol. The summed E-state index contributed by atoms with van der Waals surface area (Å²) in [4.78, 5) is 63.3. The molecule has 0 radical (unpaired) electrons. The molecule has 58 heavy (non-hydrogen) atoms. The van der Waals surface area contributed by atoms with Crippen LogP contribution in [0.15, 0.2) is 121 Å². The summed E-state index contributed by atoms with van der Waals surface area (Å²) in [5.74, 6) is -6.47. The predicted molar refractivity (Wildman–Crippen MR) is 217 cm³/mol. The van der Waals surface area contributed by atoms with E-state index in [0.29, 0.717) is 46.1 Å². The number of rotatable bonds is 6. The van der Waals surface area contributed by atoms with Crippen molar-refractivity contribution >= 4 is 63.1 Å². The standard InChI is InChI=1S/C46H38ClFN4O6/c47-28-8-6-27(7-9-28)46-37(43(55)52(45(46)57)49-30-12-10-29(48)11-13-30)25-36-34(41(46)40-33-4-2-1-3-26(33)5-20-38(40)53)18-19-35-39(36)44(56)51(42(35)54)32-16-14-31(15-17-32)50-21-23-58-24-22-50/h1-18,20,35-37,39,41,49,53H,19,21-25H2. The number of hydrogen-bond donors (Lipinski definition) is 2. The third-order valence-corrected chi connectivity index (χ3v) is 13.2. The zero-order valence-corrected chi connectivity index (χ0v) is 31.9. The Bertz CT molecular complexity index is 2540. The highest BCUT2D eigenvalue weighted by atomic mass is 35.5. The summed E-state index contributed by atoms with van der Waals surface area (Å²) in [6, 6.07) is 30.6. The zero-order valence-electron chi connectivity index (χ0n) is 31.2. The number of ether oxygens (including phenoxy) is 1. The number of allylic oxidation sites excluding steroid dienone is 2. The molecule has 4 amide bonds. The Hall–Kier alpha value is -6.04. The lowest BCUT2D eigenvalue weighted by Crippen LogP contribution is -2.53. The van der Waals surface area contributed by atoms with Gasteiger partial charge in [-0.25, -0.2) is 4.39 Å². The summed E-state index contributed by atoms with van der Waals surface area (Å²) in [6.07, 6.45) is 2.27. The van der Waals surface area contributed by atoms with Gasteiger partial charge in [0.15, 0.2) is 0 Å². The van der Waals surface area contributed by atoms with E-state index < -0.39 is 52.6 Å². The van der Waals surface area contributed by atoms with Crippen LogP contribution in [0.2, 0.25) is 5.02 Å². The maximum atomic E-state index is 15.5. The van der Waals surface area contributed by atoms with Crippen molar-refractivity contribution in [3.8, 4) is 5.75 Å². The smallest absolute Gasteiger partial charge is 0.260 e. The van der Waals surface area contributed by atoms with Gasteiger partial charge < -0.3 is 14.7 Å². The number of phenolic OH excluding ortho intramolecular Hbond substituents is 1. The SMILES string of the molecule is O=C1C2CC3C(=CCC4C(=O)N(c5ccc(N6CCOCC6)cc5)C(=O)C43)C(c3c(O)ccc4ccccc34)C2(c2ccc(Cl)cc2)C(=O)N1Nc1ccc(F)cc1. The van der Waals surface area contributed by atoms with Gasteiger partial charge in [0.05, 0.1) is 47.8 Å². The predicted octanol–water partition coefficient (Wildman–Crippen LogP) is 7.36. The van der Waals surface area contributed by atoms with Gasteiger partial charge in [0.1, 0.15) is 11.6 Å². The molecule has 0 spiro atoms. The third-order valence-electron chi connectivity index (χ3n) is 13.0. The van der Waals surface area contributed by atoms with Crippen LogP contribution in [0.1, 0.15) is 29.9 Å². The third kappa shape index (κ3) is 5.40. The fourth-order valence-electron chi connectivity index (χ4n) is 10.4. The Kier molecular flexibility index (Phi) is 8.65. The van der Waals surface area contributed by atoms with E-state index in [0.717, 1.165) is 34.7 Å². The number of carbonyl (C=O) groups excluding carboxylic acids is 4. The number of aromatic hydroxyl groups is 1. The molecule has 1 saturated carbocycles. The van der Waals surface area contributed by atoms with Gasteiger partial charge in [-0.05, 0) is 102 Å². The monoisotopic (exact) mass is 796 g/mol. The quantitative estimate of drug-likeness (QED) is 0.135. The number of nitrogens with one attached hydrogen (secondary N) is 1. The van der Waals surface area contributed by atoms with E-state index in [1.165, 1.54) is 29.2 Å². The van der Waals surface area contributed by atoms with Crippen molar-refractivity contribution in [3.63, 3.8) is 0 Å².